The summed E-state index contributed by atoms with van der Waals surface area (Å²) in [7, 11) is 0. The first-order chi connectivity index (χ1) is 13.4. The molecule has 0 atom stereocenters. The molecule has 0 saturated heterocycles. The van der Waals surface area contributed by atoms with Crippen LogP contribution >= 0.6 is 23.2 Å². The van der Waals surface area contributed by atoms with Crippen LogP contribution in [0.2, 0.25) is 10.0 Å². The maximum absolute atomic E-state index is 8.36. The quantitative estimate of drug-likeness (QED) is 0.487. The fourth-order valence-electron chi connectivity index (χ4n) is 3.09. The lowest BCUT2D eigenvalue weighted by Gasteiger charge is -2.26. The molecule has 0 amide bonds. The number of hydrogen-bond donors (Lipinski definition) is 3. The van der Waals surface area contributed by atoms with E-state index in [0.717, 1.165) is 30.5 Å². The summed E-state index contributed by atoms with van der Waals surface area (Å²) in [4.78, 5) is 12.9. The molecular formula is C21H27Cl2N3O2. The first kappa shape index (κ1) is 22.5. The molecule has 0 radical (unpaired) electrons. The molecule has 1 aromatic carbocycles. The van der Waals surface area contributed by atoms with E-state index in [4.69, 9.17) is 33.1 Å². The van der Waals surface area contributed by atoms with Crippen LogP contribution in [-0.2, 0) is 11.3 Å². The van der Waals surface area contributed by atoms with Gasteiger partial charge in [-0.1, -0.05) is 43.5 Å². The number of nitrogens with one attached hydrogen (secondary N) is 2. The number of carboxylic acid groups (broad SMARTS) is 1. The lowest BCUT2D eigenvalue weighted by atomic mass is 9.85. The molecule has 0 spiro atoms. The van der Waals surface area contributed by atoms with Crippen molar-refractivity contribution in [2.45, 2.75) is 45.6 Å². The first-order valence-corrected chi connectivity index (χ1v) is 10.2. The van der Waals surface area contributed by atoms with Crippen LogP contribution in [0, 0.1) is 5.92 Å². The third kappa shape index (κ3) is 6.66. The van der Waals surface area contributed by atoms with Crippen LogP contribution in [0.3, 0.4) is 0 Å². The van der Waals surface area contributed by atoms with Crippen molar-refractivity contribution in [1.29, 1.82) is 0 Å². The zero-order valence-electron chi connectivity index (χ0n) is 16.2. The fourth-order valence-corrected chi connectivity index (χ4v) is 3.43. The molecule has 1 fully saturated rings. The number of aromatic nitrogens is 1. The summed E-state index contributed by atoms with van der Waals surface area (Å²) >= 11 is 12.3. The number of anilines is 2. The van der Waals surface area contributed by atoms with E-state index in [1.807, 2.05) is 12.3 Å². The Kier molecular flexibility index (Phi) is 9.03. The number of nitrogens with zero attached hydrogens (tertiary/aromatic N) is 1. The van der Waals surface area contributed by atoms with Gasteiger partial charge in [-0.2, -0.15) is 0 Å². The van der Waals surface area contributed by atoms with Gasteiger partial charge in [-0.15, -0.1) is 0 Å². The highest BCUT2D eigenvalue weighted by Crippen LogP contribution is 2.30. The van der Waals surface area contributed by atoms with Gasteiger partial charge in [-0.3, -0.25) is 4.79 Å². The Morgan fingerprint density at radius 3 is 2.61 bits per heavy atom. The number of hydrogen-bond acceptors (Lipinski definition) is 4. The minimum atomic E-state index is -0.250. The summed E-state index contributed by atoms with van der Waals surface area (Å²) in [5.41, 5.74) is 3.33. The Hall–Kier alpha value is -1.82. The van der Waals surface area contributed by atoms with Gasteiger partial charge in [-0.05, 0) is 66.6 Å². The zero-order chi connectivity index (χ0) is 20.5. The third-order valence-corrected chi connectivity index (χ3v) is 5.37. The average Bonchev–Trinajstić information content (AvgIpc) is 2.61. The highest BCUT2D eigenvalue weighted by molar-refractivity contribution is 6.35. The minimum Gasteiger partial charge on any atom is -0.483 e. The monoisotopic (exact) mass is 423 g/mol. The van der Waals surface area contributed by atoms with Crippen molar-refractivity contribution in [2.24, 2.45) is 5.92 Å². The van der Waals surface area contributed by atoms with Crippen molar-refractivity contribution < 1.29 is 9.90 Å². The molecule has 5 nitrogen and oxygen atoms in total. The van der Waals surface area contributed by atoms with Crippen LogP contribution < -0.4 is 10.6 Å². The second kappa shape index (κ2) is 11.2. The lowest BCUT2D eigenvalue weighted by Crippen LogP contribution is -2.27. The van der Waals surface area contributed by atoms with Gasteiger partial charge in [0.25, 0.3) is 6.47 Å². The fraction of sp³-hybridized carbons (Fsp3) is 0.429. The summed E-state index contributed by atoms with van der Waals surface area (Å²) < 4.78 is 0. The van der Waals surface area contributed by atoms with Gasteiger partial charge >= 0.3 is 0 Å². The molecule has 0 unspecified atom stereocenters. The Morgan fingerprint density at radius 2 is 2.00 bits per heavy atom. The van der Waals surface area contributed by atoms with E-state index in [2.05, 4.69) is 35.5 Å². The summed E-state index contributed by atoms with van der Waals surface area (Å²) in [6.07, 6.45) is 6.08. The largest absolute Gasteiger partial charge is 0.483 e. The van der Waals surface area contributed by atoms with E-state index in [1.54, 1.807) is 12.1 Å². The number of pyridine rings is 1. The Morgan fingerprint density at radius 1 is 1.29 bits per heavy atom. The van der Waals surface area contributed by atoms with E-state index >= 15 is 0 Å². The highest BCUT2D eigenvalue weighted by atomic mass is 35.5. The smallest absolute Gasteiger partial charge is 0.290 e. The predicted molar refractivity (Wildman–Crippen MR) is 116 cm³/mol. The van der Waals surface area contributed by atoms with Gasteiger partial charge in [0.2, 0.25) is 0 Å². The van der Waals surface area contributed by atoms with Crippen molar-refractivity contribution in [3.8, 4) is 0 Å². The molecule has 0 aliphatic heterocycles. The van der Waals surface area contributed by atoms with Gasteiger partial charge in [0, 0.05) is 17.8 Å². The zero-order valence-corrected chi connectivity index (χ0v) is 17.7. The minimum absolute atomic E-state index is 0.250. The molecule has 1 saturated carbocycles. The Labute approximate surface area is 176 Å². The average molecular weight is 424 g/mol. The van der Waals surface area contributed by atoms with Crippen LogP contribution in [0.25, 0.3) is 0 Å². The second-order valence-corrected chi connectivity index (χ2v) is 8.05. The Balaban J connectivity index is 0.000000878. The molecule has 7 heteroatoms. The Bertz CT molecular complexity index is 780. The molecule has 3 N–H and O–H groups in total. The van der Waals surface area contributed by atoms with E-state index in [1.165, 1.54) is 30.4 Å². The maximum atomic E-state index is 8.36. The van der Waals surface area contributed by atoms with Gasteiger partial charge < -0.3 is 15.7 Å². The summed E-state index contributed by atoms with van der Waals surface area (Å²) in [6.45, 7) is 6.15. The molecular weight excluding hydrogens is 397 g/mol. The normalized spacial score (nSPS) is 13.5. The third-order valence-electron chi connectivity index (χ3n) is 4.81. The van der Waals surface area contributed by atoms with Gasteiger partial charge in [0.1, 0.15) is 5.82 Å². The standard InChI is InChI=1S/C20H25Cl2N3.CH2O2/c1-13(2)17-9-20(25-19-8-16(21)6-7-18(19)22)24-12-15(17)11-23-10-14-4-3-5-14;2-1-3/h6-9,12-14,23H,3-5,10-11H2,1-2H3,(H,24,25);1H,(H,2,3). The molecule has 1 aliphatic rings. The number of rotatable bonds is 7. The molecule has 28 heavy (non-hydrogen) atoms. The summed E-state index contributed by atoms with van der Waals surface area (Å²) in [5, 5.41) is 15.0. The second-order valence-electron chi connectivity index (χ2n) is 7.21. The maximum Gasteiger partial charge on any atom is 0.290 e. The van der Waals surface area contributed by atoms with Crippen molar-refractivity contribution in [3.63, 3.8) is 0 Å². The molecule has 1 aliphatic carbocycles. The number of carbonyl (C=O) groups is 1. The van der Waals surface area contributed by atoms with Crippen molar-refractivity contribution in [3.05, 3.63) is 51.6 Å². The van der Waals surface area contributed by atoms with E-state index in [9.17, 15) is 0 Å². The van der Waals surface area contributed by atoms with Crippen LogP contribution in [-0.4, -0.2) is 23.1 Å². The van der Waals surface area contributed by atoms with Gasteiger partial charge in [0.05, 0.1) is 10.7 Å². The molecule has 3 rings (SSSR count). The van der Waals surface area contributed by atoms with Crippen molar-refractivity contribution >= 4 is 41.2 Å². The highest BCUT2D eigenvalue weighted by Gasteiger charge is 2.17. The lowest BCUT2D eigenvalue weighted by molar-refractivity contribution is -0.122. The SMILES string of the molecule is CC(C)c1cc(Nc2cc(Cl)ccc2Cl)ncc1CNCC1CCC1.O=CO. The van der Waals surface area contributed by atoms with Crippen LogP contribution in [0.5, 0.6) is 0 Å². The van der Waals surface area contributed by atoms with Gasteiger partial charge in [0.15, 0.2) is 0 Å². The van der Waals surface area contributed by atoms with Crippen LogP contribution in [0.15, 0.2) is 30.5 Å². The van der Waals surface area contributed by atoms with Crippen molar-refractivity contribution in [1.82, 2.24) is 10.3 Å². The molecule has 1 aromatic heterocycles. The number of halogens is 2. The van der Waals surface area contributed by atoms with E-state index < -0.39 is 0 Å². The summed E-state index contributed by atoms with van der Waals surface area (Å²) in [6, 6.07) is 7.49. The van der Waals surface area contributed by atoms with E-state index in [0.29, 0.717) is 16.0 Å². The van der Waals surface area contributed by atoms with Crippen LogP contribution in [0.1, 0.15) is 50.2 Å². The number of benzene rings is 1. The van der Waals surface area contributed by atoms with Crippen LogP contribution in [0.4, 0.5) is 11.5 Å². The molecule has 152 valence electrons. The summed E-state index contributed by atoms with van der Waals surface area (Å²) in [5.74, 6) is 2.08. The van der Waals surface area contributed by atoms with E-state index in [-0.39, 0.29) is 6.47 Å². The first-order valence-electron chi connectivity index (χ1n) is 9.44. The molecule has 1 heterocycles. The van der Waals surface area contributed by atoms with Gasteiger partial charge in [-0.25, -0.2) is 4.98 Å². The molecule has 2 aromatic rings. The van der Waals surface area contributed by atoms with Crippen molar-refractivity contribution in [2.75, 3.05) is 11.9 Å². The molecule has 0 bridgehead atoms. The predicted octanol–water partition coefficient (Wildman–Crippen LogP) is 5.85. The topological polar surface area (TPSA) is 74.2 Å².